The quantitative estimate of drug-likeness (QED) is 0.792. The van der Waals surface area contributed by atoms with Gasteiger partial charge in [0.05, 0.1) is 5.56 Å². The SMILES string of the molecule is Nc1nc(-c2ccc(C(=O)O)cc2)c(N)nc1C1=CN=CC1. The molecule has 1 aliphatic heterocycles. The van der Waals surface area contributed by atoms with Crippen molar-refractivity contribution in [2.45, 2.75) is 6.42 Å². The summed E-state index contributed by atoms with van der Waals surface area (Å²) in [6, 6.07) is 6.22. The molecule has 0 radical (unpaired) electrons. The molecule has 0 fully saturated rings. The first-order valence-electron chi connectivity index (χ1n) is 6.54. The molecule has 1 aromatic carbocycles. The second-order valence-corrected chi connectivity index (χ2v) is 4.76. The molecule has 0 saturated carbocycles. The van der Waals surface area contributed by atoms with Gasteiger partial charge in [-0.1, -0.05) is 12.1 Å². The van der Waals surface area contributed by atoms with Crippen molar-refractivity contribution in [2.75, 3.05) is 11.5 Å². The summed E-state index contributed by atoms with van der Waals surface area (Å²) in [5.41, 5.74) is 14.6. The van der Waals surface area contributed by atoms with Gasteiger partial charge in [-0.2, -0.15) is 0 Å². The number of carboxylic acids is 1. The van der Waals surface area contributed by atoms with E-state index >= 15 is 0 Å². The van der Waals surface area contributed by atoms with E-state index in [1.165, 1.54) is 12.1 Å². The highest BCUT2D eigenvalue weighted by atomic mass is 16.4. The number of nitrogens with two attached hydrogens (primary N) is 2. The lowest BCUT2D eigenvalue weighted by Crippen LogP contribution is -2.06. The minimum Gasteiger partial charge on any atom is -0.478 e. The van der Waals surface area contributed by atoms with Crippen LogP contribution < -0.4 is 11.5 Å². The average molecular weight is 295 g/mol. The van der Waals surface area contributed by atoms with Gasteiger partial charge in [0.2, 0.25) is 0 Å². The molecule has 7 heteroatoms. The standard InChI is InChI=1S/C15H13N5O2/c16-13-11(8-1-3-9(4-2-8)15(21)22)19-14(17)12(20-13)10-5-6-18-7-10/h1-4,6-7H,5H2,(H2,16,20)(H2,17,19)(H,21,22). The fourth-order valence-electron chi connectivity index (χ4n) is 2.19. The van der Waals surface area contributed by atoms with Crippen LogP contribution in [-0.2, 0) is 0 Å². The molecule has 0 aliphatic carbocycles. The number of hydrogen-bond acceptors (Lipinski definition) is 6. The Hall–Kier alpha value is -3.22. The third kappa shape index (κ3) is 2.39. The topological polar surface area (TPSA) is 127 Å². The summed E-state index contributed by atoms with van der Waals surface area (Å²) in [5, 5.41) is 8.91. The van der Waals surface area contributed by atoms with Crippen molar-refractivity contribution in [2.24, 2.45) is 4.99 Å². The van der Waals surface area contributed by atoms with E-state index in [4.69, 9.17) is 16.6 Å². The highest BCUT2D eigenvalue weighted by Crippen LogP contribution is 2.29. The van der Waals surface area contributed by atoms with Gasteiger partial charge in [0.1, 0.15) is 11.4 Å². The second-order valence-electron chi connectivity index (χ2n) is 4.76. The number of benzene rings is 1. The van der Waals surface area contributed by atoms with Gasteiger partial charge in [0.15, 0.2) is 11.6 Å². The molecular formula is C15H13N5O2. The van der Waals surface area contributed by atoms with Crippen LogP contribution in [0.1, 0.15) is 22.5 Å². The van der Waals surface area contributed by atoms with Gasteiger partial charge >= 0.3 is 5.97 Å². The number of allylic oxidation sites excluding steroid dienone is 1. The fourth-order valence-corrected chi connectivity index (χ4v) is 2.19. The molecule has 0 saturated heterocycles. The summed E-state index contributed by atoms with van der Waals surface area (Å²) in [6.07, 6.45) is 4.08. The third-order valence-corrected chi connectivity index (χ3v) is 3.31. The van der Waals surface area contributed by atoms with Gasteiger partial charge in [-0.15, -0.1) is 0 Å². The number of carboxylic acid groups (broad SMARTS) is 1. The summed E-state index contributed by atoms with van der Waals surface area (Å²) in [4.78, 5) is 23.5. The average Bonchev–Trinajstić information content (AvgIpc) is 3.03. The molecule has 22 heavy (non-hydrogen) atoms. The van der Waals surface area contributed by atoms with Crippen molar-refractivity contribution < 1.29 is 9.90 Å². The molecule has 5 N–H and O–H groups in total. The maximum atomic E-state index is 10.9. The maximum absolute atomic E-state index is 10.9. The van der Waals surface area contributed by atoms with Crippen molar-refractivity contribution in [3.05, 3.63) is 41.7 Å². The third-order valence-electron chi connectivity index (χ3n) is 3.31. The van der Waals surface area contributed by atoms with E-state index in [1.807, 2.05) is 0 Å². The van der Waals surface area contributed by atoms with Crippen LogP contribution in [-0.4, -0.2) is 27.3 Å². The van der Waals surface area contributed by atoms with Crippen LogP contribution in [0.2, 0.25) is 0 Å². The van der Waals surface area contributed by atoms with Crippen molar-refractivity contribution in [1.29, 1.82) is 0 Å². The maximum Gasteiger partial charge on any atom is 0.335 e. The van der Waals surface area contributed by atoms with Crippen molar-refractivity contribution in [1.82, 2.24) is 9.97 Å². The van der Waals surface area contributed by atoms with Crippen LogP contribution in [0.4, 0.5) is 11.6 Å². The Balaban J connectivity index is 2.01. The first-order valence-corrected chi connectivity index (χ1v) is 6.54. The van der Waals surface area contributed by atoms with Gasteiger partial charge < -0.3 is 16.6 Å². The van der Waals surface area contributed by atoms with E-state index < -0.39 is 5.97 Å². The molecule has 2 heterocycles. The van der Waals surface area contributed by atoms with E-state index in [2.05, 4.69) is 15.0 Å². The number of aromatic nitrogens is 2. The number of rotatable bonds is 3. The van der Waals surface area contributed by atoms with Crippen molar-refractivity contribution >= 4 is 29.4 Å². The Morgan fingerprint density at radius 3 is 2.27 bits per heavy atom. The normalized spacial score (nSPS) is 13.2. The smallest absolute Gasteiger partial charge is 0.335 e. The number of nitrogen functional groups attached to an aromatic ring is 2. The predicted molar refractivity (Wildman–Crippen MR) is 84.3 cm³/mol. The molecule has 0 unspecified atom stereocenters. The van der Waals surface area contributed by atoms with Crippen LogP contribution in [0.3, 0.4) is 0 Å². The Labute approximate surface area is 126 Å². The van der Waals surface area contributed by atoms with Crippen LogP contribution in [0.15, 0.2) is 35.5 Å². The van der Waals surface area contributed by atoms with E-state index in [0.29, 0.717) is 23.4 Å². The fraction of sp³-hybridized carbons (Fsp3) is 0.0667. The molecule has 2 aromatic rings. The monoisotopic (exact) mass is 295 g/mol. The van der Waals surface area contributed by atoms with E-state index in [9.17, 15) is 4.79 Å². The summed E-state index contributed by atoms with van der Waals surface area (Å²) in [5.74, 6) is -0.489. The van der Waals surface area contributed by atoms with E-state index in [1.54, 1.807) is 24.5 Å². The van der Waals surface area contributed by atoms with Gasteiger partial charge in [-0.05, 0) is 12.1 Å². The molecular weight excluding hydrogens is 282 g/mol. The largest absolute Gasteiger partial charge is 0.478 e. The highest BCUT2D eigenvalue weighted by molar-refractivity contribution is 5.89. The molecule has 3 rings (SSSR count). The van der Waals surface area contributed by atoms with Crippen LogP contribution in [0.5, 0.6) is 0 Å². The zero-order valence-corrected chi connectivity index (χ0v) is 11.5. The van der Waals surface area contributed by atoms with Crippen LogP contribution >= 0.6 is 0 Å². The molecule has 0 amide bonds. The summed E-state index contributed by atoms with van der Waals surface area (Å²) in [7, 11) is 0. The number of carbonyl (C=O) groups is 1. The van der Waals surface area contributed by atoms with Crippen molar-refractivity contribution in [3.8, 4) is 11.3 Å². The summed E-state index contributed by atoms with van der Waals surface area (Å²) in [6.45, 7) is 0. The zero-order chi connectivity index (χ0) is 15.7. The molecule has 0 bridgehead atoms. The minimum absolute atomic E-state index is 0.188. The van der Waals surface area contributed by atoms with Crippen molar-refractivity contribution in [3.63, 3.8) is 0 Å². The number of aliphatic imine (C=N–C) groups is 1. The van der Waals surface area contributed by atoms with Gasteiger partial charge in [-0.3, -0.25) is 4.99 Å². The Morgan fingerprint density at radius 2 is 1.68 bits per heavy atom. The van der Waals surface area contributed by atoms with Crippen LogP contribution in [0, 0.1) is 0 Å². The Kier molecular flexibility index (Phi) is 3.30. The molecule has 0 atom stereocenters. The van der Waals surface area contributed by atoms with Gasteiger partial charge in [0, 0.05) is 30.0 Å². The van der Waals surface area contributed by atoms with E-state index in [-0.39, 0.29) is 17.2 Å². The molecule has 0 spiro atoms. The summed E-state index contributed by atoms with van der Waals surface area (Å²) < 4.78 is 0. The molecule has 1 aromatic heterocycles. The highest BCUT2D eigenvalue weighted by Gasteiger charge is 2.16. The van der Waals surface area contributed by atoms with Crippen LogP contribution in [0.25, 0.3) is 16.8 Å². The lowest BCUT2D eigenvalue weighted by Gasteiger charge is -2.10. The minimum atomic E-state index is -0.992. The molecule has 1 aliphatic rings. The number of anilines is 2. The van der Waals surface area contributed by atoms with Gasteiger partial charge in [0.25, 0.3) is 0 Å². The van der Waals surface area contributed by atoms with Gasteiger partial charge in [-0.25, -0.2) is 14.8 Å². The molecule has 7 nitrogen and oxygen atoms in total. The number of aromatic carboxylic acids is 1. The Morgan fingerprint density at radius 1 is 1.05 bits per heavy atom. The molecule has 110 valence electrons. The second kappa shape index (κ2) is 5.28. The first kappa shape index (κ1) is 13.7. The summed E-state index contributed by atoms with van der Waals surface area (Å²) >= 11 is 0. The number of hydrogen-bond donors (Lipinski definition) is 3. The lowest BCUT2D eigenvalue weighted by atomic mass is 10.1. The van der Waals surface area contributed by atoms with E-state index in [0.717, 1.165) is 5.57 Å². The zero-order valence-electron chi connectivity index (χ0n) is 11.5. The lowest BCUT2D eigenvalue weighted by molar-refractivity contribution is 0.0697. The number of nitrogens with zero attached hydrogens (tertiary/aromatic N) is 3. The first-order chi connectivity index (χ1) is 10.6. The predicted octanol–water partition coefficient (Wildman–Crippen LogP) is 1.82. The Bertz CT molecular complexity index is 809.